The smallest absolute Gasteiger partial charge is 0.325 e. The Morgan fingerprint density at radius 3 is 2.64 bits per heavy atom. The fourth-order valence-corrected chi connectivity index (χ4v) is 3.26. The largest absolute Gasteiger partial charge is 0.465 e. The minimum Gasteiger partial charge on any atom is -0.465 e. The first-order chi connectivity index (χ1) is 12.1. The molecule has 0 fully saturated rings. The summed E-state index contributed by atoms with van der Waals surface area (Å²) in [6.45, 7) is 2.27. The maximum Gasteiger partial charge on any atom is 0.325 e. The number of aromatic nitrogens is 1. The molecule has 0 amide bonds. The molecule has 0 aliphatic heterocycles. The Labute approximate surface area is 149 Å². The zero-order valence-corrected chi connectivity index (χ0v) is 14.8. The highest BCUT2D eigenvalue weighted by Crippen LogP contribution is 2.28. The second-order valence-corrected chi connectivity index (χ2v) is 6.00. The Hall–Kier alpha value is -2.37. The van der Waals surface area contributed by atoms with Gasteiger partial charge in [0, 0.05) is 28.5 Å². The van der Waals surface area contributed by atoms with Gasteiger partial charge in [0.2, 0.25) is 0 Å². The molecule has 0 spiro atoms. The lowest BCUT2D eigenvalue weighted by atomic mass is 10.1. The molecule has 0 saturated heterocycles. The monoisotopic (exact) mass is 359 g/mol. The number of hydrogen-bond donors (Lipinski definition) is 0. The van der Waals surface area contributed by atoms with Gasteiger partial charge in [-0.15, -0.1) is 0 Å². The number of rotatable bonds is 5. The first-order valence-electron chi connectivity index (χ1n) is 7.95. The summed E-state index contributed by atoms with van der Waals surface area (Å²) < 4.78 is 12.1. The summed E-state index contributed by atoms with van der Waals surface area (Å²) in [5.74, 6) is -0.374. The van der Waals surface area contributed by atoms with Gasteiger partial charge in [-0.1, -0.05) is 23.7 Å². The van der Waals surface area contributed by atoms with Gasteiger partial charge in [-0.05, 0) is 31.2 Å². The van der Waals surface area contributed by atoms with Gasteiger partial charge in [0.25, 0.3) is 0 Å². The van der Waals surface area contributed by atoms with Crippen molar-refractivity contribution in [2.24, 2.45) is 0 Å². The van der Waals surface area contributed by atoms with E-state index in [0.29, 0.717) is 39.0 Å². The maximum atomic E-state index is 12.9. The Morgan fingerprint density at radius 2 is 1.92 bits per heavy atom. The van der Waals surface area contributed by atoms with E-state index in [1.54, 1.807) is 42.9 Å². The molecule has 0 aliphatic rings. The van der Waals surface area contributed by atoms with E-state index in [2.05, 4.69) is 0 Å². The number of hydrogen-bond acceptors (Lipinski definition) is 4. The SMILES string of the molecule is CCOC(=O)Cn1c2ccccc2c(=O)c2ccc(Cl)c(COC)c21. The summed E-state index contributed by atoms with van der Waals surface area (Å²) >= 11 is 6.34. The summed E-state index contributed by atoms with van der Waals surface area (Å²) in [7, 11) is 1.56. The highest BCUT2D eigenvalue weighted by atomic mass is 35.5. The van der Waals surface area contributed by atoms with Crippen LogP contribution in [-0.4, -0.2) is 24.3 Å². The van der Waals surface area contributed by atoms with Gasteiger partial charge in [-0.2, -0.15) is 0 Å². The molecule has 1 heterocycles. The van der Waals surface area contributed by atoms with Crippen molar-refractivity contribution in [3.63, 3.8) is 0 Å². The van der Waals surface area contributed by atoms with Gasteiger partial charge in [0.1, 0.15) is 6.54 Å². The van der Waals surface area contributed by atoms with Crippen molar-refractivity contribution in [3.8, 4) is 0 Å². The average Bonchev–Trinajstić information content (AvgIpc) is 2.61. The highest BCUT2D eigenvalue weighted by Gasteiger charge is 2.18. The lowest BCUT2D eigenvalue weighted by molar-refractivity contribution is -0.143. The second kappa shape index (κ2) is 7.25. The van der Waals surface area contributed by atoms with Gasteiger partial charge in [0.15, 0.2) is 5.43 Å². The molecule has 3 rings (SSSR count). The number of fused-ring (bicyclic) bond motifs is 2. The van der Waals surface area contributed by atoms with Crippen molar-refractivity contribution in [1.29, 1.82) is 0 Å². The van der Waals surface area contributed by atoms with E-state index in [1.165, 1.54) is 0 Å². The second-order valence-electron chi connectivity index (χ2n) is 5.59. The number of carbonyl (C=O) groups excluding carboxylic acids is 1. The topological polar surface area (TPSA) is 57.5 Å². The van der Waals surface area contributed by atoms with Gasteiger partial charge >= 0.3 is 5.97 Å². The average molecular weight is 360 g/mol. The van der Waals surface area contributed by atoms with Crippen molar-refractivity contribution >= 4 is 39.4 Å². The van der Waals surface area contributed by atoms with E-state index >= 15 is 0 Å². The first-order valence-corrected chi connectivity index (χ1v) is 8.33. The third-order valence-electron chi connectivity index (χ3n) is 4.06. The number of nitrogens with zero attached hydrogens (tertiary/aromatic N) is 1. The molecule has 6 heteroatoms. The molecule has 1 aromatic heterocycles. The number of ether oxygens (including phenoxy) is 2. The molecule has 0 radical (unpaired) electrons. The van der Waals surface area contributed by atoms with Gasteiger partial charge < -0.3 is 14.0 Å². The van der Waals surface area contributed by atoms with Crippen molar-refractivity contribution in [3.05, 3.63) is 57.2 Å². The molecular formula is C19H18ClNO4. The van der Waals surface area contributed by atoms with E-state index in [4.69, 9.17) is 21.1 Å². The van der Waals surface area contributed by atoms with Crippen LogP contribution in [0.25, 0.3) is 21.8 Å². The van der Waals surface area contributed by atoms with Crippen molar-refractivity contribution < 1.29 is 14.3 Å². The van der Waals surface area contributed by atoms with Crippen LogP contribution in [0.4, 0.5) is 0 Å². The summed E-state index contributed by atoms with van der Waals surface area (Å²) in [6.07, 6.45) is 0. The Bertz CT molecular complexity index is 1010. The van der Waals surface area contributed by atoms with Crippen LogP contribution in [0.5, 0.6) is 0 Å². The van der Waals surface area contributed by atoms with Crippen molar-refractivity contribution in [2.75, 3.05) is 13.7 Å². The predicted molar refractivity (Wildman–Crippen MR) is 98.1 cm³/mol. The highest BCUT2D eigenvalue weighted by molar-refractivity contribution is 6.32. The van der Waals surface area contributed by atoms with Crippen LogP contribution >= 0.6 is 11.6 Å². The van der Waals surface area contributed by atoms with Crippen LogP contribution in [0.3, 0.4) is 0 Å². The van der Waals surface area contributed by atoms with Crippen LogP contribution in [0.15, 0.2) is 41.2 Å². The zero-order valence-electron chi connectivity index (χ0n) is 14.0. The fraction of sp³-hybridized carbons (Fsp3) is 0.263. The van der Waals surface area contributed by atoms with Crippen LogP contribution < -0.4 is 5.43 Å². The minimum absolute atomic E-state index is 0.0117. The van der Waals surface area contributed by atoms with E-state index in [-0.39, 0.29) is 24.5 Å². The summed E-state index contributed by atoms with van der Waals surface area (Å²) in [4.78, 5) is 25.1. The van der Waals surface area contributed by atoms with Crippen LogP contribution in [0.1, 0.15) is 12.5 Å². The molecular weight excluding hydrogens is 342 g/mol. The molecule has 2 aromatic carbocycles. The predicted octanol–water partition coefficient (Wildman–Crippen LogP) is 3.52. The quantitative estimate of drug-likeness (QED) is 0.516. The summed E-state index contributed by atoms with van der Waals surface area (Å²) in [5, 5.41) is 1.53. The molecule has 0 aliphatic carbocycles. The standard InChI is InChI=1S/C19H18ClNO4/c1-3-25-17(22)10-21-16-7-5-4-6-12(16)19(23)13-8-9-15(20)14(11-24-2)18(13)21/h4-9H,3,10-11H2,1-2H3. The number of esters is 1. The number of pyridine rings is 1. The van der Waals surface area contributed by atoms with Crippen LogP contribution in [-0.2, 0) is 27.4 Å². The lowest BCUT2D eigenvalue weighted by Crippen LogP contribution is -2.19. The Kier molecular flexibility index (Phi) is 5.06. The first kappa shape index (κ1) is 17.5. The van der Waals surface area contributed by atoms with E-state index in [1.807, 2.05) is 12.1 Å². The third-order valence-corrected chi connectivity index (χ3v) is 4.41. The lowest BCUT2D eigenvalue weighted by Gasteiger charge is -2.18. The fourth-order valence-electron chi connectivity index (χ4n) is 3.05. The van der Waals surface area contributed by atoms with Gasteiger partial charge in [0.05, 0.1) is 24.2 Å². The molecule has 25 heavy (non-hydrogen) atoms. The molecule has 0 N–H and O–H groups in total. The molecule has 5 nitrogen and oxygen atoms in total. The normalized spacial score (nSPS) is 11.2. The maximum absolute atomic E-state index is 12.9. The number of para-hydroxylation sites is 1. The van der Waals surface area contributed by atoms with E-state index in [0.717, 1.165) is 0 Å². The van der Waals surface area contributed by atoms with Gasteiger partial charge in [-0.25, -0.2) is 0 Å². The molecule has 130 valence electrons. The number of methoxy groups -OCH3 is 1. The number of benzene rings is 2. The van der Waals surface area contributed by atoms with Crippen molar-refractivity contribution in [2.45, 2.75) is 20.1 Å². The summed E-state index contributed by atoms with van der Waals surface area (Å²) in [6, 6.07) is 10.6. The van der Waals surface area contributed by atoms with Crippen molar-refractivity contribution in [1.82, 2.24) is 4.57 Å². The Morgan fingerprint density at radius 1 is 1.16 bits per heavy atom. The molecule has 0 unspecified atom stereocenters. The zero-order chi connectivity index (χ0) is 18.0. The van der Waals surface area contributed by atoms with E-state index in [9.17, 15) is 9.59 Å². The third kappa shape index (κ3) is 3.13. The molecule has 0 saturated carbocycles. The number of halogens is 1. The van der Waals surface area contributed by atoms with Gasteiger partial charge in [-0.3, -0.25) is 9.59 Å². The van der Waals surface area contributed by atoms with E-state index < -0.39 is 0 Å². The minimum atomic E-state index is -0.374. The van der Waals surface area contributed by atoms with Crippen LogP contribution in [0, 0.1) is 0 Å². The Balaban J connectivity index is 2.44. The molecule has 3 aromatic rings. The van der Waals surface area contributed by atoms with Crippen LogP contribution in [0.2, 0.25) is 5.02 Å². The number of carbonyl (C=O) groups is 1. The molecule has 0 atom stereocenters. The summed E-state index contributed by atoms with van der Waals surface area (Å²) in [5.41, 5.74) is 1.84. The molecule has 0 bridgehead atoms.